The predicted molar refractivity (Wildman–Crippen MR) is 123 cm³/mol. The number of imide groups is 1. The van der Waals surface area contributed by atoms with Crippen molar-refractivity contribution in [2.45, 2.75) is 33.7 Å². The number of likely N-dealkylation sites (N-methyl/N-ethyl adjacent to an activating group) is 1. The Morgan fingerprint density at radius 2 is 1.56 bits per heavy atom. The van der Waals surface area contributed by atoms with Crippen LogP contribution in [-0.4, -0.2) is 59.1 Å². The van der Waals surface area contributed by atoms with Crippen molar-refractivity contribution in [2.75, 3.05) is 30.3 Å². The van der Waals surface area contributed by atoms with E-state index in [1.807, 2.05) is 25.7 Å². The van der Waals surface area contributed by atoms with E-state index in [-0.39, 0.29) is 5.91 Å². The van der Waals surface area contributed by atoms with E-state index in [4.69, 9.17) is 0 Å². The zero-order valence-corrected chi connectivity index (χ0v) is 18.8. The summed E-state index contributed by atoms with van der Waals surface area (Å²) < 4.78 is 0. The molecule has 1 unspecified atom stereocenters. The first kappa shape index (κ1) is 23.1. The summed E-state index contributed by atoms with van der Waals surface area (Å²) in [6.45, 7) is 9.24. The number of nitrogens with zero attached hydrogens (tertiary/aromatic N) is 2. The molecular weight excluding hydrogens is 408 g/mol. The van der Waals surface area contributed by atoms with E-state index in [1.54, 1.807) is 42.5 Å². The number of fused-ring (bicyclic) bond motifs is 1. The maximum Gasteiger partial charge on any atom is 0.262 e. The molecule has 8 heteroatoms. The van der Waals surface area contributed by atoms with E-state index in [0.717, 1.165) is 23.6 Å². The Morgan fingerprint density at radius 3 is 2.09 bits per heavy atom. The van der Waals surface area contributed by atoms with Crippen molar-refractivity contribution < 1.29 is 19.2 Å². The van der Waals surface area contributed by atoms with E-state index < -0.39 is 23.8 Å². The zero-order chi connectivity index (χ0) is 23.4. The van der Waals surface area contributed by atoms with Gasteiger partial charge in [0.2, 0.25) is 11.8 Å². The molecule has 3 rings (SSSR count). The first-order valence-corrected chi connectivity index (χ1v) is 10.7. The number of nitrogens with one attached hydrogen (secondary N) is 2. The van der Waals surface area contributed by atoms with Gasteiger partial charge in [0.1, 0.15) is 6.04 Å². The van der Waals surface area contributed by atoms with E-state index in [2.05, 4.69) is 10.6 Å². The van der Waals surface area contributed by atoms with Gasteiger partial charge in [-0.1, -0.05) is 26.0 Å². The molecule has 4 amide bonds. The average Bonchev–Trinajstić information content (AvgIpc) is 3.03. The standard InChI is InChI=1S/C24H28N4O4/c1-5-27(6-2)14-21(29)26-20-12-11-17(13-15(20)3)25-22(30)16(4)28-23(31)18-9-7-8-10-19(18)24(28)32/h7-13,16H,5-6,14H2,1-4H3,(H,25,30)(H,26,29). The molecule has 1 aliphatic rings. The van der Waals surface area contributed by atoms with Crippen LogP contribution in [0.5, 0.6) is 0 Å². The lowest BCUT2D eigenvalue weighted by Gasteiger charge is -2.22. The van der Waals surface area contributed by atoms with Gasteiger partial charge in [0.25, 0.3) is 11.8 Å². The molecule has 0 radical (unpaired) electrons. The van der Waals surface area contributed by atoms with Crippen LogP contribution in [0, 0.1) is 6.92 Å². The number of aryl methyl sites for hydroxylation is 1. The zero-order valence-electron chi connectivity index (χ0n) is 18.8. The lowest BCUT2D eigenvalue weighted by atomic mass is 10.1. The largest absolute Gasteiger partial charge is 0.325 e. The Hall–Kier alpha value is -3.52. The lowest BCUT2D eigenvalue weighted by molar-refractivity contribution is -0.119. The minimum absolute atomic E-state index is 0.104. The molecule has 0 aromatic heterocycles. The summed E-state index contributed by atoms with van der Waals surface area (Å²) in [6, 6.07) is 10.7. The van der Waals surface area contributed by atoms with Gasteiger partial charge in [-0.25, -0.2) is 0 Å². The summed E-state index contributed by atoms with van der Waals surface area (Å²) in [5.41, 5.74) is 2.56. The third-order valence-electron chi connectivity index (χ3n) is 5.62. The minimum atomic E-state index is -0.976. The molecule has 8 nitrogen and oxygen atoms in total. The fourth-order valence-corrected chi connectivity index (χ4v) is 3.65. The van der Waals surface area contributed by atoms with Gasteiger partial charge in [0.05, 0.1) is 17.7 Å². The predicted octanol–water partition coefficient (Wildman–Crippen LogP) is 2.90. The summed E-state index contributed by atoms with van der Waals surface area (Å²) in [5.74, 6) is -1.53. The molecular formula is C24H28N4O4. The highest BCUT2D eigenvalue weighted by atomic mass is 16.2. The summed E-state index contributed by atoms with van der Waals surface area (Å²) >= 11 is 0. The molecule has 0 saturated carbocycles. The van der Waals surface area contributed by atoms with Gasteiger partial charge in [0.15, 0.2) is 0 Å². The molecule has 2 aromatic carbocycles. The van der Waals surface area contributed by atoms with Gasteiger partial charge < -0.3 is 10.6 Å². The second kappa shape index (κ2) is 9.74. The topological polar surface area (TPSA) is 98.8 Å². The maximum atomic E-state index is 12.8. The Bertz CT molecular complexity index is 1030. The normalized spacial score (nSPS) is 13.8. The van der Waals surface area contributed by atoms with Crippen molar-refractivity contribution >= 4 is 35.0 Å². The van der Waals surface area contributed by atoms with E-state index >= 15 is 0 Å². The first-order chi connectivity index (χ1) is 15.3. The molecule has 0 aliphatic carbocycles. The summed E-state index contributed by atoms with van der Waals surface area (Å²) in [7, 11) is 0. The molecule has 0 fully saturated rings. The van der Waals surface area contributed by atoms with Gasteiger partial charge in [0, 0.05) is 11.4 Å². The molecule has 1 heterocycles. The van der Waals surface area contributed by atoms with Crippen LogP contribution in [0.2, 0.25) is 0 Å². The molecule has 0 saturated heterocycles. The second-order valence-electron chi connectivity index (χ2n) is 7.73. The van der Waals surface area contributed by atoms with Crippen molar-refractivity contribution in [3.8, 4) is 0 Å². The van der Waals surface area contributed by atoms with Crippen molar-refractivity contribution in [1.82, 2.24) is 9.80 Å². The van der Waals surface area contributed by atoms with Crippen LogP contribution in [0.4, 0.5) is 11.4 Å². The number of carbonyl (C=O) groups excluding carboxylic acids is 4. The second-order valence-corrected chi connectivity index (χ2v) is 7.73. The molecule has 1 atom stereocenters. The van der Waals surface area contributed by atoms with Crippen LogP contribution in [0.25, 0.3) is 0 Å². The van der Waals surface area contributed by atoms with Crippen LogP contribution in [0.3, 0.4) is 0 Å². The Balaban J connectivity index is 1.66. The van der Waals surface area contributed by atoms with Gasteiger partial charge in [-0.05, 0) is 62.8 Å². The van der Waals surface area contributed by atoms with Gasteiger partial charge >= 0.3 is 0 Å². The number of rotatable bonds is 8. The van der Waals surface area contributed by atoms with Crippen molar-refractivity contribution in [3.05, 3.63) is 59.2 Å². The molecule has 168 valence electrons. The Kier molecular flexibility index (Phi) is 7.05. The van der Waals surface area contributed by atoms with Crippen LogP contribution in [0.15, 0.2) is 42.5 Å². The number of benzene rings is 2. The quantitative estimate of drug-likeness (QED) is 0.620. The van der Waals surface area contributed by atoms with Crippen molar-refractivity contribution in [1.29, 1.82) is 0 Å². The number of anilines is 2. The lowest BCUT2D eigenvalue weighted by Crippen LogP contribution is -2.45. The van der Waals surface area contributed by atoms with Crippen LogP contribution >= 0.6 is 0 Å². The molecule has 2 aromatic rings. The molecule has 2 N–H and O–H groups in total. The smallest absolute Gasteiger partial charge is 0.262 e. The van der Waals surface area contributed by atoms with Crippen LogP contribution in [-0.2, 0) is 9.59 Å². The summed E-state index contributed by atoms with van der Waals surface area (Å²) in [4.78, 5) is 53.2. The van der Waals surface area contributed by atoms with Crippen molar-refractivity contribution in [2.24, 2.45) is 0 Å². The third-order valence-corrected chi connectivity index (χ3v) is 5.62. The van der Waals surface area contributed by atoms with E-state index in [1.165, 1.54) is 6.92 Å². The van der Waals surface area contributed by atoms with Crippen molar-refractivity contribution in [3.63, 3.8) is 0 Å². The number of carbonyl (C=O) groups is 4. The first-order valence-electron chi connectivity index (χ1n) is 10.7. The molecule has 32 heavy (non-hydrogen) atoms. The fourth-order valence-electron chi connectivity index (χ4n) is 3.65. The van der Waals surface area contributed by atoms with E-state index in [9.17, 15) is 19.2 Å². The maximum absolute atomic E-state index is 12.8. The molecule has 0 spiro atoms. The fraction of sp³-hybridized carbons (Fsp3) is 0.333. The SMILES string of the molecule is CCN(CC)CC(=O)Nc1ccc(NC(=O)C(C)N2C(=O)c3ccccc3C2=O)cc1C. The van der Waals surface area contributed by atoms with Crippen LogP contribution < -0.4 is 10.6 Å². The third kappa shape index (κ3) is 4.70. The Morgan fingerprint density at radius 1 is 0.969 bits per heavy atom. The summed E-state index contributed by atoms with van der Waals surface area (Å²) in [6.07, 6.45) is 0. The summed E-state index contributed by atoms with van der Waals surface area (Å²) in [5, 5.41) is 5.64. The van der Waals surface area contributed by atoms with Gasteiger partial charge in [-0.15, -0.1) is 0 Å². The number of amides is 4. The van der Waals surface area contributed by atoms with Gasteiger partial charge in [-0.3, -0.25) is 29.0 Å². The highest BCUT2D eigenvalue weighted by Gasteiger charge is 2.40. The number of hydrogen-bond donors (Lipinski definition) is 2. The highest BCUT2D eigenvalue weighted by Crippen LogP contribution is 2.25. The molecule has 0 bridgehead atoms. The molecule has 1 aliphatic heterocycles. The van der Waals surface area contributed by atoms with Crippen LogP contribution in [0.1, 0.15) is 47.1 Å². The number of hydrogen-bond acceptors (Lipinski definition) is 5. The Labute approximate surface area is 187 Å². The highest BCUT2D eigenvalue weighted by molar-refractivity contribution is 6.23. The monoisotopic (exact) mass is 436 g/mol. The minimum Gasteiger partial charge on any atom is -0.325 e. The average molecular weight is 437 g/mol. The van der Waals surface area contributed by atoms with Gasteiger partial charge in [-0.2, -0.15) is 0 Å². The van der Waals surface area contributed by atoms with E-state index in [0.29, 0.717) is 29.0 Å².